The molecule has 1 amide bonds. The summed E-state index contributed by atoms with van der Waals surface area (Å²) in [6, 6.07) is 11.7. The Hall–Kier alpha value is -3.82. The molecule has 0 aliphatic carbocycles. The number of hydrogen-bond donors (Lipinski definition) is 1. The van der Waals surface area contributed by atoms with Crippen LogP contribution in [0.5, 0.6) is 0 Å². The van der Waals surface area contributed by atoms with E-state index in [4.69, 9.17) is 0 Å². The Kier molecular flexibility index (Phi) is 7.01. The van der Waals surface area contributed by atoms with Crippen LogP contribution in [-0.2, 0) is 17.9 Å². The van der Waals surface area contributed by atoms with Crippen molar-refractivity contribution >= 4 is 23.4 Å². The van der Waals surface area contributed by atoms with Crippen LogP contribution in [0.4, 0.5) is 14.5 Å². The van der Waals surface area contributed by atoms with Crippen molar-refractivity contribution in [1.29, 1.82) is 0 Å². The van der Waals surface area contributed by atoms with Gasteiger partial charge in [0.2, 0.25) is 0 Å². The molecule has 9 heteroatoms. The maximum atomic E-state index is 13.6. The molecule has 0 spiro atoms. The molecule has 6 rings (SSSR count). The van der Waals surface area contributed by atoms with Crippen molar-refractivity contribution in [2.24, 2.45) is 4.99 Å². The molecule has 39 heavy (non-hydrogen) atoms. The Morgan fingerprint density at radius 1 is 0.974 bits per heavy atom. The van der Waals surface area contributed by atoms with E-state index >= 15 is 0 Å². The van der Waals surface area contributed by atoms with Crippen LogP contribution in [0.1, 0.15) is 35.2 Å². The molecule has 1 aromatic carbocycles. The third-order valence-electron chi connectivity index (χ3n) is 7.38. The van der Waals surface area contributed by atoms with E-state index in [1.807, 2.05) is 48.6 Å². The SMILES string of the molecule is O=C(Nc1ccc(CN2CCC2)nc1)C1=NCC=Cc2ccc(-c3cncc(CN4CCC(F)(F)C4)c3)cc21. The van der Waals surface area contributed by atoms with Crippen LogP contribution in [-0.4, -0.2) is 70.0 Å². The van der Waals surface area contributed by atoms with E-state index in [1.54, 1.807) is 23.5 Å². The van der Waals surface area contributed by atoms with Gasteiger partial charge in [-0.25, -0.2) is 8.78 Å². The molecule has 0 atom stereocenters. The van der Waals surface area contributed by atoms with Crippen molar-refractivity contribution in [3.05, 3.63) is 83.4 Å². The van der Waals surface area contributed by atoms with Gasteiger partial charge in [-0.3, -0.25) is 29.6 Å². The number of rotatable bonds is 7. The molecule has 0 bridgehead atoms. The van der Waals surface area contributed by atoms with Gasteiger partial charge in [-0.1, -0.05) is 24.3 Å². The maximum absolute atomic E-state index is 13.6. The number of anilines is 1. The number of nitrogens with one attached hydrogen (secondary N) is 1. The Morgan fingerprint density at radius 3 is 2.62 bits per heavy atom. The molecule has 2 saturated heterocycles. The van der Waals surface area contributed by atoms with E-state index in [-0.39, 0.29) is 18.9 Å². The Morgan fingerprint density at radius 2 is 1.87 bits per heavy atom. The van der Waals surface area contributed by atoms with Crippen LogP contribution in [0, 0.1) is 0 Å². The van der Waals surface area contributed by atoms with Crippen LogP contribution in [0.25, 0.3) is 17.2 Å². The van der Waals surface area contributed by atoms with Gasteiger partial charge in [-0.2, -0.15) is 0 Å². The van der Waals surface area contributed by atoms with E-state index in [2.05, 4.69) is 25.2 Å². The topological polar surface area (TPSA) is 73.7 Å². The number of carbonyl (C=O) groups excluding carboxylic acids is 1. The van der Waals surface area contributed by atoms with Crippen LogP contribution < -0.4 is 5.32 Å². The van der Waals surface area contributed by atoms with Crippen LogP contribution in [0.2, 0.25) is 0 Å². The summed E-state index contributed by atoms with van der Waals surface area (Å²) in [6.07, 6.45) is 10.2. The number of aliphatic imine (C=N–C) groups is 1. The van der Waals surface area contributed by atoms with Crippen molar-refractivity contribution in [3.8, 4) is 11.1 Å². The number of pyridine rings is 2. The van der Waals surface area contributed by atoms with Gasteiger partial charge in [0.15, 0.2) is 0 Å². The number of likely N-dealkylation sites (tertiary alicyclic amines) is 2. The second kappa shape index (κ2) is 10.7. The number of alkyl halides is 2. The zero-order valence-electron chi connectivity index (χ0n) is 21.6. The van der Waals surface area contributed by atoms with Gasteiger partial charge in [0, 0.05) is 49.6 Å². The molecule has 3 aromatic rings. The molecule has 1 N–H and O–H groups in total. The second-order valence-electron chi connectivity index (χ2n) is 10.4. The highest BCUT2D eigenvalue weighted by Gasteiger charge is 2.37. The first kappa shape index (κ1) is 25.5. The molecule has 2 aromatic heterocycles. The van der Waals surface area contributed by atoms with Gasteiger partial charge in [0.05, 0.1) is 30.7 Å². The molecule has 2 fully saturated rings. The number of amides is 1. The van der Waals surface area contributed by atoms with Gasteiger partial charge < -0.3 is 5.32 Å². The summed E-state index contributed by atoms with van der Waals surface area (Å²) in [7, 11) is 0. The fourth-order valence-electron chi connectivity index (χ4n) is 5.17. The quantitative estimate of drug-likeness (QED) is 0.484. The van der Waals surface area contributed by atoms with Gasteiger partial charge in [0.25, 0.3) is 11.8 Å². The first-order valence-corrected chi connectivity index (χ1v) is 13.3. The molecule has 7 nitrogen and oxygen atoms in total. The molecular formula is C30H30F2N6O. The highest BCUT2D eigenvalue weighted by molar-refractivity contribution is 6.49. The van der Waals surface area contributed by atoms with Crippen LogP contribution >= 0.6 is 0 Å². The molecule has 200 valence electrons. The number of benzene rings is 1. The Balaban J connectivity index is 1.20. The zero-order valence-corrected chi connectivity index (χ0v) is 21.6. The maximum Gasteiger partial charge on any atom is 0.274 e. The zero-order chi connectivity index (χ0) is 26.8. The van der Waals surface area contributed by atoms with Gasteiger partial charge in [0.1, 0.15) is 5.71 Å². The van der Waals surface area contributed by atoms with Crippen molar-refractivity contribution in [1.82, 2.24) is 19.8 Å². The van der Waals surface area contributed by atoms with Crippen molar-refractivity contribution < 1.29 is 13.6 Å². The van der Waals surface area contributed by atoms with E-state index in [9.17, 15) is 13.6 Å². The van der Waals surface area contributed by atoms with E-state index in [0.717, 1.165) is 53.1 Å². The fraction of sp³-hybridized carbons (Fsp3) is 0.333. The number of halogens is 2. The molecule has 5 heterocycles. The predicted molar refractivity (Wildman–Crippen MR) is 148 cm³/mol. The second-order valence-corrected chi connectivity index (χ2v) is 10.4. The third kappa shape index (κ3) is 5.94. The predicted octanol–water partition coefficient (Wildman–Crippen LogP) is 4.64. The van der Waals surface area contributed by atoms with Crippen LogP contribution in [0.15, 0.2) is 66.1 Å². The summed E-state index contributed by atoms with van der Waals surface area (Å²) < 4.78 is 27.3. The minimum atomic E-state index is -2.63. The molecular weight excluding hydrogens is 498 g/mol. The molecule has 3 aliphatic rings. The standard InChI is InChI=1S/C30H30F2N6O/c31-30(32)8-12-38(20-30)18-21-13-24(16-33-15-21)23-5-4-22-3-1-9-34-28(27(22)14-23)29(39)36-25-6-7-26(35-17-25)19-37-10-2-11-37/h1,3-7,13-17H,2,8-12,18-20H2,(H,36,39). The lowest BCUT2D eigenvalue weighted by Crippen LogP contribution is -2.36. The first-order chi connectivity index (χ1) is 18.9. The lowest BCUT2D eigenvalue weighted by atomic mass is 9.96. The highest BCUT2D eigenvalue weighted by atomic mass is 19.3. The van der Waals surface area contributed by atoms with Crippen molar-refractivity contribution in [2.75, 3.05) is 38.0 Å². The lowest BCUT2D eigenvalue weighted by Gasteiger charge is -2.30. The average Bonchev–Trinajstić information content (AvgIpc) is 3.11. The van der Waals surface area contributed by atoms with E-state index < -0.39 is 5.92 Å². The molecule has 0 radical (unpaired) electrons. The number of carbonyl (C=O) groups is 1. The Bertz CT molecular complexity index is 1430. The minimum Gasteiger partial charge on any atom is -0.319 e. The molecule has 3 aliphatic heterocycles. The summed E-state index contributed by atoms with van der Waals surface area (Å²) >= 11 is 0. The summed E-state index contributed by atoms with van der Waals surface area (Å²) in [5, 5.41) is 2.95. The smallest absolute Gasteiger partial charge is 0.274 e. The number of aromatic nitrogens is 2. The monoisotopic (exact) mass is 528 g/mol. The van der Waals surface area contributed by atoms with E-state index in [0.29, 0.717) is 31.0 Å². The average molecular weight is 529 g/mol. The van der Waals surface area contributed by atoms with Gasteiger partial charge >= 0.3 is 0 Å². The number of fused-ring (bicyclic) bond motifs is 1. The summed E-state index contributed by atoms with van der Waals surface area (Å²) in [4.78, 5) is 30.9. The fourth-order valence-corrected chi connectivity index (χ4v) is 5.17. The van der Waals surface area contributed by atoms with Gasteiger partial charge in [-0.05, 0) is 60.5 Å². The lowest BCUT2D eigenvalue weighted by molar-refractivity contribution is -0.110. The first-order valence-electron chi connectivity index (χ1n) is 13.3. The highest BCUT2D eigenvalue weighted by Crippen LogP contribution is 2.29. The normalized spacial score (nSPS) is 18.7. The molecule has 0 saturated carbocycles. The summed E-state index contributed by atoms with van der Waals surface area (Å²) in [6.45, 7) is 3.99. The van der Waals surface area contributed by atoms with Crippen molar-refractivity contribution in [2.45, 2.75) is 31.9 Å². The van der Waals surface area contributed by atoms with E-state index in [1.165, 1.54) is 6.42 Å². The van der Waals surface area contributed by atoms with Crippen LogP contribution in [0.3, 0.4) is 0 Å². The Labute approximate surface area is 226 Å². The molecule has 0 unspecified atom stereocenters. The number of nitrogens with zero attached hydrogens (tertiary/aromatic N) is 5. The third-order valence-corrected chi connectivity index (χ3v) is 7.38. The largest absolute Gasteiger partial charge is 0.319 e. The number of hydrogen-bond acceptors (Lipinski definition) is 6. The van der Waals surface area contributed by atoms with Gasteiger partial charge in [-0.15, -0.1) is 0 Å². The van der Waals surface area contributed by atoms with Crippen molar-refractivity contribution in [3.63, 3.8) is 0 Å². The minimum absolute atomic E-state index is 0.110. The summed E-state index contributed by atoms with van der Waals surface area (Å²) in [5.41, 5.74) is 6.19. The summed E-state index contributed by atoms with van der Waals surface area (Å²) in [5.74, 6) is -2.92.